The molecule has 0 aromatic heterocycles. The molecule has 1 aliphatic rings. The first-order valence-electron chi connectivity index (χ1n) is 9.59. The molecule has 0 spiro atoms. The van der Waals surface area contributed by atoms with Gasteiger partial charge < -0.3 is 5.32 Å². The molecule has 138 valence electrons. The lowest BCUT2D eigenvalue weighted by Crippen LogP contribution is -2.49. The Morgan fingerprint density at radius 2 is 1.38 bits per heavy atom. The number of nitrogens with zero attached hydrogens (tertiary/aromatic N) is 2. The van der Waals surface area contributed by atoms with Gasteiger partial charge in [0, 0.05) is 39.3 Å². The van der Waals surface area contributed by atoms with E-state index in [1.807, 2.05) is 6.07 Å². The Labute approximate surface area is 156 Å². The molecule has 1 heterocycles. The highest BCUT2D eigenvalue weighted by atomic mass is 16.2. The fraction of sp³-hybridized carbons (Fsp3) is 0.409. The molecule has 0 aliphatic carbocycles. The number of hydrogen-bond acceptors (Lipinski definition) is 3. The molecule has 0 atom stereocenters. The average Bonchev–Trinajstić information content (AvgIpc) is 2.68. The van der Waals surface area contributed by atoms with Crippen molar-refractivity contribution in [3.63, 3.8) is 0 Å². The summed E-state index contributed by atoms with van der Waals surface area (Å²) in [7, 11) is 0. The van der Waals surface area contributed by atoms with Gasteiger partial charge in [-0.25, -0.2) is 0 Å². The first kappa shape index (κ1) is 18.6. The fourth-order valence-corrected chi connectivity index (χ4v) is 3.37. The van der Waals surface area contributed by atoms with Gasteiger partial charge in [0.25, 0.3) is 0 Å². The van der Waals surface area contributed by atoms with Crippen LogP contribution in [0.1, 0.15) is 17.5 Å². The van der Waals surface area contributed by atoms with Gasteiger partial charge in [0.15, 0.2) is 0 Å². The van der Waals surface area contributed by atoms with E-state index < -0.39 is 0 Å². The van der Waals surface area contributed by atoms with Crippen molar-refractivity contribution in [3.8, 4) is 0 Å². The van der Waals surface area contributed by atoms with Crippen LogP contribution < -0.4 is 5.32 Å². The number of nitrogens with one attached hydrogen (secondary N) is 1. The highest BCUT2D eigenvalue weighted by Gasteiger charge is 2.18. The molecule has 1 aliphatic heterocycles. The van der Waals surface area contributed by atoms with Crippen LogP contribution in [0.4, 0.5) is 0 Å². The number of rotatable bonds is 8. The van der Waals surface area contributed by atoms with Crippen LogP contribution in [0.2, 0.25) is 0 Å². The quantitative estimate of drug-likeness (QED) is 0.743. The van der Waals surface area contributed by atoms with Crippen molar-refractivity contribution in [2.45, 2.75) is 19.4 Å². The first-order chi connectivity index (χ1) is 12.8. The van der Waals surface area contributed by atoms with Gasteiger partial charge in [0.05, 0.1) is 6.54 Å². The number of carbonyl (C=O) groups excluding carboxylic acids is 1. The van der Waals surface area contributed by atoms with E-state index in [1.165, 1.54) is 11.1 Å². The van der Waals surface area contributed by atoms with E-state index >= 15 is 0 Å². The Balaban J connectivity index is 1.28. The van der Waals surface area contributed by atoms with E-state index in [9.17, 15) is 4.79 Å². The predicted molar refractivity (Wildman–Crippen MR) is 106 cm³/mol. The molecule has 0 unspecified atom stereocenters. The topological polar surface area (TPSA) is 35.6 Å². The summed E-state index contributed by atoms with van der Waals surface area (Å²) in [5.41, 5.74) is 2.69. The molecule has 0 radical (unpaired) electrons. The van der Waals surface area contributed by atoms with Crippen LogP contribution in [0.3, 0.4) is 0 Å². The molecule has 0 bridgehead atoms. The third-order valence-electron chi connectivity index (χ3n) is 4.89. The number of carbonyl (C=O) groups is 1. The van der Waals surface area contributed by atoms with E-state index in [0.717, 1.165) is 52.1 Å². The molecular formula is C22H29N3O. The van der Waals surface area contributed by atoms with Crippen molar-refractivity contribution >= 4 is 5.91 Å². The Morgan fingerprint density at radius 3 is 2.04 bits per heavy atom. The minimum Gasteiger partial charge on any atom is -0.355 e. The summed E-state index contributed by atoms with van der Waals surface area (Å²) in [4.78, 5) is 16.8. The van der Waals surface area contributed by atoms with Crippen molar-refractivity contribution in [3.05, 3.63) is 71.8 Å². The molecule has 1 saturated heterocycles. The number of piperazine rings is 1. The second-order valence-electron chi connectivity index (χ2n) is 6.98. The monoisotopic (exact) mass is 351 g/mol. The molecule has 26 heavy (non-hydrogen) atoms. The number of benzene rings is 2. The molecule has 1 N–H and O–H groups in total. The first-order valence-corrected chi connectivity index (χ1v) is 9.59. The molecular weight excluding hydrogens is 322 g/mol. The maximum absolute atomic E-state index is 12.1. The summed E-state index contributed by atoms with van der Waals surface area (Å²) in [6, 6.07) is 21.0. The Morgan fingerprint density at radius 1 is 0.808 bits per heavy atom. The third kappa shape index (κ3) is 6.28. The van der Waals surface area contributed by atoms with Crippen molar-refractivity contribution in [1.29, 1.82) is 0 Å². The summed E-state index contributed by atoms with van der Waals surface area (Å²) in [6.45, 7) is 6.24. The van der Waals surface area contributed by atoms with Gasteiger partial charge in [-0.05, 0) is 24.0 Å². The van der Waals surface area contributed by atoms with E-state index in [-0.39, 0.29) is 5.91 Å². The summed E-state index contributed by atoms with van der Waals surface area (Å²) < 4.78 is 0. The van der Waals surface area contributed by atoms with Gasteiger partial charge in [-0.1, -0.05) is 60.7 Å². The second-order valence-corrected chi connectivity index (χ2v) is 6.98. The fourth-order valence-electron chi connectivity index (χ4n) is 3.37. The predicted octanol–water partition coefficient (Wildman–Crippen LogP) is 2.55. The van der Waals surface area contributed by atoms with Crippen molar-refractivity contribution in [2.24, 2.45) is 0 Å². The maximum atomic E-state index is 12.1. The zero-order valence-corrected chi connectivity index (χ0v) is 15.4. The van der Waals surface area contributed by atoms with Gasteiger partial charge in [-0.3, -0.25) is 14.6 Å². The SMILES string of the molecule is O=C(CN1CCN(Cc2ccccc2)CC1)NCCCc1ccccc1. The highest BCUT2D eigenvalue weighted by Crippen LogP contribution is 2.08. The Bertz CT molecular complexity index is 652. The van der Waals surface area contributed by atoms with Gasteiger partial charge >= 0.3 is 0 Å². The number of hydrogen-bond donors (Lipinski definition) is 1. The molecule has 4 heteroatoms. The van der Waals surface area contributed by atoms with Gasteiger partial charge in [0.1, 0.15) is 0 Å². The van der Waals surface area contributed by atoms with Crippen molar-refractivity contribution < 1.29 is 4.79 Å². The van der Waals surface area contributed by atoms with Gasteiger partial charge in [0.2, 0.25) is 5.91 Å². The molecule has 3 rings (SSSR count). The zero-order chi connectivity index (χ0) is 18.0. The highest BCUT2D eigenvalue weighted by molar-refractivity contribution is 5.77. The Kier molecular flexibility index (Phi) is 7.23. The maximum Gasteiger partial charge on any atom is 0.234 e. The standard InChI is InChI=1S/C22H29N3O/c26-22(23-13-7-12-20-8-3-1-4-9-20)19-25-16-14-24(15-17-25)18-21-10-5-2-6-11-21/h1-6,8-11H,7,12-19H2,(H,23,26). The number of aryl methyl sites for hydroxylation is 1. The lowest BCUT2D eigenvalue weighted by molar-refractivity contribution is -0.122. The molecule has 2 aromatic carbocycles. The van der Waals surface area contributed by atoms with Crippen molar-refractivity contribution in [1.82, 2.24) is 15.1 Å². The average molecular weight is 351 g/mol. The summed E-state index contributed by atoms with van der Waals surface area (Å²) >= 11 is 0. The molecule has 1 amide bonds. The summed E-state index contributed by atoms with van der Waals surface area (Å²) in [6.07, 6.45) is 2.00. The Hall–Kier alpha value is -2.17. The van der Waals surface area contributed by atoms with Crippen LogP contribution in [-0.4, -0.2) is 55.0 Å². The number of amides is 1. The third-order valence-corrected chi connectivity index (χ3v) is 4.89. The smallest absolute Gasteiger partial charge is 0.234 e. The largest absolute Gasteiger partial charge is 0.355 e. The minimum absolute atomic E-state index is 0.148. The van der Waals surface area contributed by atoms with Crippen LogP contribution in [0, 0.1) is 0 Å². The van der Waals surface area contributed by atoms with Gasteiger partial charge in [-0.2, -0.15) is 0 Å². The summed E-state index contributed by atoms with van der Waals surface area (Å²) in [5.74, 6) is 0.148. The zero-order valence-electron chi connectivity index (χ0n) is 15.4. The second kappa shape index (κ2) is 10.1. The van der Waals surface area contributed by atoms with Crippen LogP contribution in [0.15, 0.2) is 60.7 Å². The molecule has 2 aromatic rings. The minimum atomic E-state index is 0.148. The van der Waals surface area contributed by atoms with E-state index in [4.69, 9.17) is 0 Å². The van der Waals surface area contributed by atoms with Crippen molar-refractivity contribution in [2.75, 3.05) is 39.3 Å². The van der Waals surface area contributed by atoms with Crippen LogP contribution in [-0.2, 0) is 17.8 Å². The van der Waals surface area contributed by atoms with Crippen LogP contribution in [0.25, 0.3) is 0 Å². The lowest BCUT2D eigenvalue weighted by Gasteiger charge is -2.34. The van der Waals surface area contributed by atoms with Crippen LogP contribution in [0.5, 0.6) is 0 Å². The molecule has 1 fully saturated rings. The summed E-state index contributed by atoms with van der Waals surface area (Å²) in [5, 5.41) is 3.06. The molecule has 4 nitrogen and oxygen atoms in total. The normalized spacial score (nSPS) is 15.7. The van der Waals surface area contributed by atoms with E-state index in [1.54, 1.807) is 0 Å². The molecule has 0 saturated carbocycles. The van der Waals surface area contributed by atoms with Crippen LogP contribution >= 0.6 is 0 Å². The lowest BCUT2D eigenvalue weighted by atomic mass is 10.1. The van der Waals surface area contributed by atoms with E-state index in [0.29, 0.717) is 6.54 Å². The van der Waals surface area contributed by atoms with Gasteiger partial charge in [-0.15, -0.1) is 0 Å². The van der Waals surface area contributed by atoms with E-state index in [2.05, 4.69) is 69.7 Å².